The highest BCUT2D eigenvalue weighted by Crippen LogP contribution is 2.44. The molecule has 4 nitrogen and oxygen atoms in total. The van der Waals surface area contributed by atoms with Crippen LogP contribution >= 0.6 is 0 Å². The molecule has 1 aliphatic heterocycles. The van der Waals surface area contributed by atoms with Crippen LogP contribution in [0.4, 0.5) is 0 Å². The summed E-state index contributed by atoms with van der Waals surface area (Å²) < 4.78 is 16.5. The monoisotopic (exact) mass is 368 g/mol. The molecule has 1 saturated heterocycles. The molecule has 1 fully saturated rings. The highest BCUT2D eigenvalue weighted by molar-refractivity contribution is 5.80. The molecule has 27 heavy (non-hydrogen) atoms. The highest BCUT2D eigenvalue weighted by Gasteiger charge is 2.48. The van der Waals surface area contributed by atoms with Gasteiger partial charge in [-0.1, -0.05) is 62.1 Å². The maximum atomic E-state index is 12.3. The van der Waals surface area contributed by atoms with Crippen LogP contribution in [-0.4, -0.2) is 25.8 Å². The van der Waals surface area contributed by atoms with Gasteiger partial charge in [0.15, 0.2) is 6.10 Å². The number of rotatable bonds is 9. The molecule has 0 saturated carbocycles. The van der Waals surface area contributed by atoms with Gasteiger partial charge in [0.2, 0.25) is 0 Å². The SMILES string of the molecule is CCCCCCOC(=O)C1OC1c1ccc(OC)cc1-c1ccc(C)cc1. The van der Waals surface area contributed by atoms with Crippen molar-refractivity contribution in [1.29, 1.82) is 0 Å². The second-order valence-electron chi connectivity index (χ2n) is 7.02. The van der Waals surface area contributed by atoms with Crippen molar-refractivity contribution in [2.75, 3.05) is 13.7 Å². The number of carbonyl (C=O) groups excluding carboxylic acids is 1. The third-order valence-corrected chi connectivity index (χ3v) is 4.90. The quantitative estimate of drug-likeness (QED) is 0.345. The van der Waals surface area contributed by atoms with E-state index in [0.717, 1.165) is 35.3 Å². The Hall–Kier alpha value is -2.33. The Balaban J connectivity index is 1.70. The number of benzene rings is 2. The van der Waals surface area contributed by atoms with Crippen LogP contribution in [0.2, 0.25) is 0 Å². The molecule has 4 heteroatoms. The van der Waals surface area contributed by atoms with Gasteiger partial charge in [-0.05, 0) is 42.2 Å². The maximum Gasteiger partial charge on any atom is 0.338 e. The van der Waals surface area contributed by atoms with Gasteiger partial charge in [0, 0.05) is 0 Å². The fourth-order valence-corrected chi connectivity index (χ4v) is 3.21. The summed E-state index contributed by atoms with van der Waals surface area (Å²) in [5.41, 5.74) is 4.30. The van der Waals surface area contributed by atoms with E-state index >= 15 is 0 Å². The third-order valence-electron chi connectivity index (χ3n) is 4.90. The lowest BCUT2D eigenvalue weighted by molar-refractivity contribution is -0.145. The zero-order valence-electron chi connectivity index (χ0n) is 16.4. The summed E-state index contributed by atoms with van der Waals surface area (Å²) in [6.45, 7) is 4.70. The minimum atomic E-state index is -0.506. The fraction of sp³-hybridized carbons (Fsp3) is 0.435. The smallest absolute Gasteiger partial charge is 0.338 e. The van der Waals surface area contributed by atoms with Crippen molar-refractivity contribution in [3.63, 3.8) is 0 Å². The Morgan fingerprint density at radius 2 is 1.85 bits per heavy atom. The summed E-state index contributed by atoms with van der Waals surface area (Å²) in [5.74, 6) is 0.521. The molecule has 3 rings (SSSR count). The Morgan fingerprint density at radius 3 is 2.56 bits per heavy atom. The molecule has 2 aromatic carbocycles. The number of aryl methyl sites for hydroxylation is 1. The van der Waals surface area contributed by atoms with Gasteiger partial charge in [0.25, 0.3) is 0 Å². The van der Waals surface area contributed by atoms with Gasteiger partial charge in [-0.2, -0.15) is 0 Å². The van der Waals surface area contributed by atoms with Gasteiger partial charge in [0.05, 0.1) is 13.7 Å². The van der Waals surface area contributed by atoms with Crippen molar-refractivity contribution < 1.29 is 19.0 Å². The number of hydrogen-bond acceptors (Lipinski definition) is 4. The summed E-state index contributed by atoms with van der Waals surface area (Å²) in [5, 5.41) is 0. The van der Waals surface area contributed by atoms with Gasteiger partial charge in [-0.15, -0.1) is 0 Å². The predicted molar refractivity (Wildman–Crippen MR) is 106 cm³/mol. The molecule has 1 heterocycles. The number of epoxide rings is 1. The standard InChI is InChI=1S/C23H28O4/c1-4-5-6-7-14-26-23(24)22-21(27-22)19-13-12-18(25-3)15-20(19)17-10-8-16(2)9-11-17/h8-13,15,21-22H,4-7,14H2,1-3H3. The molecular weight excluding hydrogens is 340 g/mol. The van der Waals surface area contributed by atoms with E-state index in [2.05, 4.69) is 38.1 Å². The molecule has 1 aliphatic rings. The lowest BCUT2D eigenvalue weighted by atomic mass is 9.95. The van der Waals surface area contributed by atoms with Gasteiger partial charge in [-0.25, -0.2) is 4.79 Å². The molecule has 0 amide bonds. The van der Waals surface area contributed by atoms with Crippen molar-refractivity contribution in [2.24, 2.45) is 0 Å². The third kappa shape index (κ3) is 4.89. The number of unbranched alkanes of at least 4 members (excludes halogenated alkanes) is 3. The topological polar surface area (TPSA) is 48.1 Å². The van der Waals surface area contributed by atoms with E-state index in [1.165, 1.54) is 18.4 Å². The van der Waals surface area contributed by atoms with Crippen LogP contribution in [0.5, 0.6) is 5.75 Å². The number of hydrogen-bond donors (Lipinski definition) is 0. The van der Waals surface area contributed by atoms with Crippen LogP contribution in [0, 0.1) is 6.92 Å². The number of methoxy groups -OCH3 is 1. The maximum absolute atomic E-state index is 12.3. The molecule has 2 atom stereocenters. The van der Waals surface area contributed by atoms with E-state index in [-0.39, 0.29) is 12.1 Å². The molecule has 2 unspecified atom stereocenters. The van der Waals surface area contributed by atoms with Crippen molar-refractivity contribution in [3.05, 3.63) is 53.6 Å². The molecular formula is C23H28O4. The Morgan fingerprint density at radius 1 is 1.07 bits per heavy atom. The van der Waals surface area contributed by atoms with Crippen LogP contribution in [0.1, 0.15) is 49.8 Å². The van der Waals surface area contributed by atoms with Crippen molar-refractivity contribution >= 4 is 5.97 Å². The first-order chi connectivity index (χ1) is 13.1. The molecule has 0 radical (unpaired) electrons. The van der Waals surface area contributed by atoms with Crippen LogP contribution in [0.3, 0.4) is 0 Å². The van der Waals surface area contributed by atoms with Crippen LogP contribution in [0.25, 0.3) is 11.1 Å². The van der Waals surface area contributed by atoms with E-state index < -0.39 is 6.10 Å². The summed E-state index contributed by atoms with van der Waals surface area (Å²) in [4.78, 5) is 12.3. The normalized spacial score (nSPS) is 18.2. The first-order valence-corrected chi connectivity index (χ1v) is 9.71. The first kappa shape index (κ1) is 19.4. The second kappa shape index (κ2) is 9.05. The minimum absolute atomic E-state index is 0.254. The molecule has 0 aromatic heterocycles. The van der Waals surface area contributed by atoms with Gasteiger partial charge in [0.1, 0.15) is 11.9 Å². The van der Waals surface area contributed by atoms with Crippen molar-refractivity contribution in [1.82, 2.24) is 0 Å². The minimum Gasteiger partial charge on any atom is -0.497 e. The molecule has 144 valence electrons. The van der Waals surface area contributed by atoms with E-state index in [0.29, 0.717) is 6.61 Å². The van der Waals surface area contributed by atoms with E-state index in [1.54, 1.807) is 7.11 Å². The number of ether oxygens (including phenoxy) is 3. The van der Waals surface area contributed by atoms with Gasteiger partial charge >= 0.3 is 5.97 Å². The van der Waals surface area contributed by atoms with E-state index in [1.807, 2.05) is 18.2 Å². The largest absolute Gasteiger partial charge is 0.497 e. The van der Waals surface area contributed by atoms with Crippen LogP contribution < -0.4 is 4.74 Å². The predicted octanol–water partition coefficient (Wildman–Crippen LogP) is 5.23. The van der Waals surface area contributed by atoms with Crippen LogP contribution in [-0.2, 0) is 14.3 Å². The summed E-state index contributed by atoms with van der Waals surface area (Å²) in [6.07, 6.45) is 3.58. The van der Waals surface area contributed by atoms with E-state index in [4.69, 9.17) is 14.2 Å². The van der Waals surface area contributed by atoms with Crippen molar-refractivity contribution in [3.8, 4) is 16.9 Å². The molecule has 0 spiro atoms. The molecule has 0 N–H and O–H groups in total. The first-order valence-electron chi connectivity index (χ1n) is 9.71. The zero-order valence-corrected chi connectivity index (χ0v) is 16.4. The average Bonchev–Trinajstić information content (AvgIpc) is 3.48. The zero-order chi connectivity index (χ0) is 19.2. The summed E-state index contributed by atoms with van der Waals surface area (Å²) in [7, 11) is 1.65. The fourth-order valence-electron chi connectivity index (χ4n) is 3.21. The Bertz CT molecular complexity index is 766. The summed E-state index contributed by atoms with van der Waals surface area (Å²) in [6, 6.07) is 14.2. The van der Waals surface area contributed by atoms with E-state index in [9.17, 15) is 4.79 Å². The second-order valence-corrected chi connectivity index (χ2v) is 7.02. The Kier molecular flexibility index (Phi) is 6.51. The number of esters is 1. The molecule has 0 aliphatic carbocycles. The lowest BCUT2D eigenvalue weighted by Crippen LogP contribution is -2.13. The highest BCUT2D eigenvalue weighted by atomic mass is 16.6. The summed E-state index contributed by atoms with van der Waals surface area (Å²) >= 11 is 0. The molecule has 2 aromatic rings. The van der Waals surface area contributed by atoms with Crippen LogP contribution in [0.15, 0.2) is 42.5 Å². The Labute approximate surface area is 161 Å². The van der Waals surface area contributed by atoms with Gasteiger partial charge < -0.3 is 14.2 Å². The lowest BCUT2D eigenvalue weighted by Gasteiger charge is -2.11. The average molecular weight is 368 g/mol. The van der Waals surface area contributed by atoms with Gasteiger partial charge in [-0.3, -0.25) is 0 Å². The molecule has 0 bridgehead atoms. The van der Waals surface area contributed by atoms with Crippen molar-refractivity contribution in [2.45, 2.75) is 51.7 Å². The number of carbonyl (C=O) groups is 1.